The van der Waals surface area contributed by atoms with Crippen LogP contribution in [0.2, 0.25) is 0 Å². The number of allylic oxidation sites excluding steroid dienone is 1. The molecule has 0 radical (unpaired) electrons. The zero-order chi connectivity index (χ0) is 17.4. The van der Waals surface area contributed by atoms with Crippen molar-refractivity contribution in [3.05, 3.63) is 12.7 Å². The molecular weight excluding hydrogens is 292 g/mol. The van der Waals surface area contributed by atoms with Gasteiger partial charge in [-0.2, -0.15) is 0 Å². The molecule has 23 heavy (non-hydrogen) atoms. The molecule has 0 aliphatic rings. The summed E-state index contributed by atoms with van der Waals surface area (Å²) in [5.74, 6) is 11.2. The molecule has 0 saturated heterocycles. The van der Waals surface area contributed by atoms with E-state index in [4.69, 9.17) is 14.2 Å². The van der Waals surface area contributed by atoms with Gasteiger partial charge in [-0.1, -0.05) is 12.0 Å². The summed E-state index contributed by atoms with van der Waals surface area (Å²) in [6.45, 7) is 6.71. The minimum Gasteiger partial charge on any atom is -0.456 e. The van der Waals surface area contributed by atoms with Crippen LogP contribution in [-0.4, -0.2) is 40.0 Å². The van der Waals surface area contributed by atoms with Crippen LogP contribution in [0, 0.1) is 29.1 Å². The molecule has 0 heterocycles. The molecule has 0 fully saturated rings. The highest BCUT2D eigenvalue weighted by Crippen LogP contribution is 2.27. The van der Waals surface area contributed by atoms with Gasteiger partial charge in [0, 0.05) is 44.8 Å². The number of ether oxygens (including phenoxy) is 3. The van der Waals surface area contributed by atoms with Crippen molar-refractivity contribution in [2.75, 3.05) is 34.0 Å². The number of rotatable bonds is 10. The molecule has 0 unspecified atom stereocenters. The van der Waals surface area contributed by atoms with Gasteiger partial charge in [-0.15, -0.1) is 18.4 Å². The number of hydrogen-bond acceptors (Lipinski definition) is 4. The maximum absolute atomic E-state index is 11.3. The van der Waals surface area contributed by atoms with Crippen molar-refractivity contribution in [1.82, 2.24) is 0 Å². The molecule has 0 aliphatic heterocycles. The third kappa shape index (κ3) is 10.6. The fraction of sp³-hybridized carbons (Fsp3) is 0.632. The first-order valence-electron chi connectivity index (χ1n) is 7.84. The van der Waals surface area contributed by atoms with Gasteiger partial charge in [0.2, 0.25) is 0 Å². The van der Waals surface area contributed by atoms with E-state index >= 15 is 0 Å². The number of methoxy groups -OCH3 is 2. The van der Waals surface area contributed by atoms with Crippen LogP contribution >= 0.6 is 0 Å². The first kappa shape index (κ1) is 21.2. The molecule has 4 heteroatoms. The van der Waals surface area contributed by atoms with Crippen molar-refractivity contribution < 1.29 is 19.0 Å². The van der Waals surface area contributed by atoms with Crippen LogP contribution in [-0.2, 0) is 19.0 Å². The molecule has 128 valence electrons. The van der Waals surface area contributed by atoms with Gasteiger partial charge in [0.05, 0.1) is 19.8 Å². The molecule has 0 aromatic rings. The second-order valence-corrected chi connectivity index (χ2v) is 5.28. The molecule has 0 spiro atoms. The second kappa shape index (κ2) is 13.9. The zero-order valence-corrected chi connectivity index (χ0v) is 14.6. The van der Waals surface area contributed by atoms with Gasteiger partial charge in [0.25, 0.3) is 0 Å². The quantitative estimate of drug-likeness (QED) is 0.204. The predicted molar refractivity (Wildman–Crippen MR) is 91.7 cm³/mol. The van der Waals surface area contributed by atoms with Gasteiger partial charge in [0.1, 0.15) is 0 Å². The fourth-order valence-electron chi connectivity index (χ4n) is 2.06. The summed E-state index contributed by atoms with van der Waals surface area (Å²) in [7, 11) is 3.28. The summed E-state index contributed by atoms with van der Waals surface area (Å²) in [5.41, 5.74) is -0.339. The summed E-state index contributed by atoms with van der Waals surface area (Å²) in [5, 5.41) is 0. The second-order valence-electron chi connectivity index (χ2n) is 5.28. The maximum Gasteiger partial charge on any atom is 0.384 e. The molecule has 0 aromatic carbocycles. The van der Waals surface area contributed by atoms with E-state index < -0.39 is 5.97 Å². The summed E-state index contributed by atoms with van der Waals surface area (Å²) in [4.78, 5) is 11.3. The van der Waals surface area contributed by atoms with E-state index in [-0.39, 0.29) is 5.41 Å². The predicted octanol–water partition coefficient (Wildman–Crippen LogP) is 2.97. The summed E-state index contributed by atoms with van der Waals surface area (Å²) in [6, 6.07) is 0. The van der Waals surface area contributed by atoms with Crippen molar-refractivity contribution in [2.24, 2.45) is 5.41 Å². The summed E-state index contributed by atoms with van der Waals surface area (Å²) < 4.78 is 15.4. The van der Waals surface area contributed by atoms with Crippen LogP contribution < -0.4 is 0 Å². The van der Waals surface area contributed by atoms with Gasteiger partial charge in [-0.05, 0) is 19.8 Å². The standard InChI is InChI=1S/C19H28O4/c1-5-7-8-9-10-11-14-19(16-21-3,17-22-4)15-12-13-18(20)23-6-2/h5H,1,6-9,14-17H2,2-4H3. The molecule has 0 rings (SSSR count). The summed E-state index contributed by atoms with van der Waals surface area (Å²) >= 11 is 0. The smallest absolute Gasteiger partial charge is 0.384 e. The van der Waals surface area contributed by atoms with Crippen LogP contribution in [0.3, 0.4) is 0 Å². The number of esters is 1. The molecule has 0 amide bonds. The van der Waals surface area contributed by atoms with Crippen LogP contribution in [0.15, 0.2) is 12.7 Å². The number of carbonyl (C=O) groups excluding carboxylic acids is 1. The van der Waals surface area contributed by atoms with Gasteiger partial charge in [0.15, 0.2) is 0 Å². The molecule has 4 nitrogen and oxygen atoms in total. The normalized spacial score (nSPS) is 10.0. The minimum atomic E-state index is -0.508. The van der Waals surface area contributed by atoms with E-state index in [1.165, 1.54) is 0 Å². The molecule has 0 bridgehead atoms. The number of carbonyl (C=O) groups is 1. The number of unbranched alkanes of at least 4 members (excludes halogenated alkanes) is 2. The molecular formula is C19H28O4. The average Bonchev–Trinajstić information content (AvgIpc) is 2.51. The van der Waals surface area contributed by atoms with E-state index in [2.05, 4.69) is 30.3 Å². The Hall–Kier alpha value is -1.75. The lowest BCUT2D eigenvalue weighted by molar-refractivity contribution is -0.136. The first-order chi connectivity index (χ1) is 11.1. The van der Waals surface area contributed by atoms with E-state index in [1.54, 1.807) is 21.1 Å². The Bertz CT molecular complexity index is 453. The zero-order valence-electron chi connectivity index (χ0n) is 14.6. The lowest BCUT2D eigenvalue weighted by atomic mass is 9.83. The van der Waals surface area contributed by atoms with Crippen LogP contribution in [0.5, 0.6) is 0 Å². The highest BCUT2D eigenvalue weighted by atomic mass is 16.5. The molecule has 0 aromatic heterocycles. The summed E-state index contributed by atoms with van der Waals surface area (Å²) in [6.07, 6.45) is 5.81. The Morgan fingerprint density at radius 2 is 1.78 bits per heavy atom. The van der Waals surface area contributed by atoms with E-state index in [0.29, 0.717) is 32.7 Å². The average molecular weight is 320 g/mol. The van der Waals surface area contributed by atoms with Gasteiger partial charge < -0.3 is 14.2 Å². The first-order valence-corrected chi connectivity index (χ1v) is 7.84. The SMILES string of the molecule is C=CCCCC#CCC(CC#CC(=O)OCC)(COC)COC. The topological polar surface area (TPSA) is 44.8 Å². The van der Waals surface area contributed by atoms with Gasteiger partial charge in [-0.25, -0.2) is 4.79 Å². The van der Waals surface area contributed by atoms with Crippen molar-refractivity contribution in [1.29, 1.82) is 0 Å². The molecule has 0 atom stereocenters. The Kier molecular flexibility index (Phi) is 12.8. The van der Waals surface area contributed by atoms with Crippen molar-refractivity contribution >= 4 is 5.97 Å². The minimum absolute atomic E-state index is 0.324. The van der Waals surface area contributed by atoms with Gasteiger partial charge >= 0.3 is 5.97 Å². The Balaban J connectivity index is 4.79. The monoisotopic (exact) mass is 320 g/mol. The van der Waals surface area contributed by atoms with Crippen LogP contribution in [0.4, 0.5) is 0 Å². The Labute approximate surface area is 140 Å². The van der Waals surface area contributed by atoms with Crippen molar-refractivity contribution in [2.45, 2.75) is 39.0 Å². The highest BCUT2D eigenvalue weighted by Gasteiger charge is 2.29. The fourth-order valence-corrected chi connectivity index (χ4v) is 2.06. The van der Waals surface area contributed by atoms with Crippen LogP contribution in [0.25, 0.3) is 0 Å². The largest absolute Gasteiger partial charge is 0.456 e. The van der Waals surface area contributed by atoms with Crippen molar-refractivity contribution in [3.8, 4) is 23.7 Å². The maximum atomic E-state index is 11.3. The molecule has 0 N–H and O–H groups in total. The molecule has 0 aliphatic carbocycles. The lowest BCUT2D eigenvalue weighted by Crippen LogP contribution is -2.31. The third-order valence-corrected chi connectivity index (χ3v) is 3.13. The van der Waals surface area contributed by atoms with Gasteiger partial charge in [-0.3, -0.25) is 0 Å². The number of hydrogen-bond donors (Lipinski definition) is 0. The van der Waals surface area contributed by atoms with E-state index in [1.807, 2.05) is 6.08 Å². The Morgan fingerprint density at radius 1 is 1.13 bits per heavy atom. The van der Waals surface area contributed by atoms with Crippen molar-refractivity contribution in [3.63, 3.8) is 0 Å². The molecule has 0 saturated carbocycles. The van der Waals surface area contributed by atoms with E-state index in [9.17, 15) is 4.79 Å². The highest BCUT2D eigenvalue weighted by molar-refractivity contribution is 5.88. The lowest BCUT2D eigenvalue weighted by Gasteiger charge is -2.28. The Morgan fingerprint density at radius 3 is 2.35 bits per heavy atom. The van der Waals surface area contributed by atoms with Crippen LogP contribution in [0.1, 0.15) is 39.0 Å². The van der Waals surface area contributed by atoms with E-state index in [0.717, 1.165) is 19.3 Å². The third-order valence-electron chi connectivity index (χ3n) is 3.13.